The number of esters is 1. The molecule has 2 aromatic rings. The topological polar surface area (TPSA) is 88.4 Å². The molecule has 25 heavy (non-hydrogen) atoms. The fourth-order valence-electron chi connectivity index (χ4n) is 1.86. The normalized spacial score (nSPS) is 11.1. The largest absolute Gasteiger partial charge is 0.479 e. The van der Waals surface area contributed by atoms with Gasteiger partial charge in [-0.3, -0.25) is 4.79 Å². The Labute approximate surface area is 143 Å². The molecule has 0 fully saturated rings. The second-order valence-corrected chi connectivity index (χ2v) is 5.03. The van der Waals surface area contributed by atoms with E-state index in [1.807, 2.05) is 6.07 Å². The third kappa shape index (κ3) is 5.32. The number of nitrogens with zero attached hydrogens (tertiary/aromatic N) is 1. The number of anilines is 1. The standard InChI is InChI=1S/C18H15FN2O4/c1-12(25-14-8-6-13(10-20)7-9-14)18(23)24-11-17(22)21-16-5-3-2-4-15(16)19/h2-9,12H,11H2,1H3,(H,21,22)/t12-/m0/s1. The average molecular weight is 342 g/mol. The lowest BCUT2D eigenvalue weighted by atomic mass is 10.2. The molecular weight excluding hydrogens is 327 g/mol. The van der Waals surface area contributed by atoms with Crippen LogP contribution in [-0.2, 0) is 14.3 Å². The van der Waals surface area contributed by atoms with Gasteiger partial charge in [0.15, 0.2) is 12.7 Å². The summed E-state index contributed by atoms with van der Waals surface area (Å²) < 4.78 is 23.6. The molecule has 2 rings (SSSR count). The molecule has 0 aliphatic carbocycles. The molecule has 1 amide bonds. The summed E-state index contributed by atoms with van der Waals surface area (Å²) in [6.07, 6.45) is -0.950. The van der Waals surface area contributed by atoms with Crippen molar-refractivity contribution in [1.82, 2.24) is 0 Å². The molecule has 0 spiro atoms. The molecule has 0 heterocycles. The molecule has 2 aromatic carbocycles. The highest BCUT2D eigenvalue weighted by Crippen LogP contribution is 2.14. The highest BCUT2D eigenvalue weighted by atomic mass is 19.1. The highest BCUT2D eigenvalue weighted by molar-refractivity contribution is 5.93. The predicted octanol–water partition coefficient (Wildman–Crippen LogP) is 2.65. The number of para-hydroxylation sites is 1. The molecule has 0 unspecified atom stereocenters. The second kappa shape index (κ2) is 8.45. The Hall–Kier alpha value is -3.40. The quantitative estimate of drug-likeness (QED) is 0.815. The maximum atomic E-state index is 13.4. The zero-order valence-corrected chi connectivity index (χ0v) is 13.4. The molecule has 128 valence electrons. The number of hydrogen-bond acceptors (Lipinski definition) is 5. The lowest BCUT2D eigenvalue weighted by Crippen LogP contribution is -2.29. The number of carbonyl (C=O) groups excluding carboxylic acids is 2. The lowest BCUT2D eigenvalue weighted by molar-refractivity contribution is -0.153. The first-order chi connectivity index (χ1) is 12.0. The molecule has 0 radical (unpaired) electrons. The first-order valence-electron chi connectivity index (χ1n) is 7.37. The molecule has 0 aromatic heterocycles. The van der Waals surface area contributed by atoms with E-state index in [2.05, 4.69) is 5.32 Å². The van der Waals surface area contributed by atoms with Gasteiger partial charge < -0.3 is 14.8 Å². The Bertz CT molecular complexity index is 799. The zero-order valence-electron chi connectivity index (χ0n) is 13.4. The van der Waals surface area contributed by atoms with Crippen molar-refractivity contribution in [2.24, 2.45) is 0 Å². The fraction of sp³-hybridized carbons (Fsp3) is 0.167. The summed E-state index contributed by atoms with van der Waals surface area (Å²) in [4.78, 5) is 23.5. The summed E-state index contributed by atoms with van der Waals surface area (Å²) in [6.45, 7) is 0.906. The number of benzene rings is 2. The Kier molecular flexibility index (Phi) is 6.07. The van der Waals surface area contributed by atoms with Crippen LogP contribution in [0, 0.1) is 17.1 Å². The summed E-state index contributed by atoms with van der Waals surface area (Å²) in [5.74, 6) is -1.60. The fourth-order valence-corrected chi connectivity index (χ4v) is 1.86. The van der Waals surface area contributed by atoms with Crippen LogP contribution >= 0.6 is 0 Å². The second-order valence-electron chi connectivity index (χ2n) is 5.03. The van der Waals surface area contributed by atoms with Crippen molar-refractivity contribution in [3.8, 4) is 11.8 Å². The van der Waals surface area contributed by atoms with Crippen LogP contribution in [0.15, 0.2) is 48.5 Å². The number of carbonyl (C=O) groups is 2. The van der Waals surface area contributed by atoms with Crippen molar-refractivity contribution >= 4 is 17.6 Å². The van der Waals surface area contributed by atoms with E-state index in [-0.39, 0.29) is 5.69 Å². The Morgan fingerprint density at radius 3 is 2.52 bits per heavy atom. The number of hydrogen-bond donors (Lipinski definition) is 1. The molecule has 0 aliphatic heterocycles. The van der Waals surface area contributed by atoms with Crippen molar-refractivity contribution in [3.05, 3.63) is 59.9 Å². The van der Waals surface area contributed by atoms with E-state index in [4.69, 9.17) is 14.7 Å². The van der Waals surface area contributed by atoms with Gasteiger partial charge in [-0.15, -0.1) is 0 Å². The zero-order chi connectivity index (χ0) is 18.2. The van der Waals surface area contributed by atoms with Gasteiger partial charge in [-0.2, -0.15) is 5.26 Å². The minimum atomic E-state index is -0.950. The van der Waals surface area contributed by atoms with E-state index in [1.165, 1.54) is 25.1 Å². The Morgan fingerprint density at radius 2 is 1.88 bits per heavy atom. The van der Waals surface area contributed by atoms with Crippen LogP contribution in [0.5, 0.6) is 5.75 Å². The first kappa shape index (κ1) is 17.9. The van der Waals surface area contributed by atoms with Crippen LogP contribution in [0.4, 0.5) is 10.1 Å². The van der Waals surface area contributed by atoms with E-state index < -0.39 is 30.4 Å². The molecule has 0 aliphatic rings. The highest BCUT2D eigenvalue weighted by Gasteiger charge is 2.18. The molecular formula is C18H15FN2O4. The van der Waals surface area contributed by atoms with Crippen molar-refractivity contribution < 1.29 is 23.5 Å². The lowest BCUT2D eigenvalue weighted by Gasteiger charge is -2.14. The van der Waals surface area contributed by atoms with Gasteiger partial charge in [0.2, 0.25) is 0 Å². The molecule has 7 heteroatoms. The van der Waals surface area contributed by atoms with E-state index in [0.29, 0.717) is 11.3 Å². The van der Waals surface area contributed by atoms with Crippen LogP contribution in [0.3, 0.4) is 0 Å². The number of amides is 1. The third-order valence-electron chi connectivity index (χ3n) is 3.12. The molecule has 1 N–H and O–H groups in total. The molecule has 6 nitrogen and oxygen atoms in total. The van der Waals surface area contributed by atoms with E-state index in [9.17, 15) is 14.0 Å². The number of nitriles is 1. The predicted molar refractivity (Wildman–Crippen MR) is 87.2 cm³/mol. The van der Waals surface area contributed by atoms with Gasteiger partial charge in [0.05, 0.1) is 17.3 Å². The van der Waals surface area contributed by atoms with Gasteiger partial charge in [-0.05, 0) is 43.3 Å². The molecule has 0 saturated carbocycles. The summed E-state index contributed by atoms with van der Waals surface area (Å²) in [6, 6.07) is 13.8. The van der Waals surface area contributed by atoms with Crippen molar-refractivity contribution in [2.75, 3.05) is 11.9 Å². The first-order valence-corrected chi connectivity index (χ1v) is 7.37. The number of rotatable bonds is 6. The average Bonchev–Trinajstić information content (AvgIpc) is 2.62. The van der Waals surface area contributed by atoms with Crippen LogP contribution in [0.25, 0.3) is 0 Å². The Morgan fingerprint density at radius 1 is 1.20 bits per heavy atom. The number of halogens is 1. The van der Waals surface area contributed by atoms with Crippen LogP contribution < -0.4 is 10.1 Å². The summed E-state index contributed by atoms with van der Waals surface area (Å²) in [5.41, 5.74) is 0.470. The maximum Gasteiger partial charge on any atom is 0.347 e. The van der Waals surface area contributed by atoms with E-state index in [0.717, 1.165) is 0 Å². The smallest absolute Gasteiger partial charge is 0.347 e. The molecule has 0 saturated heterocycles. The van der Waals surface area contributed by atoms with Gasteiger partial charge in [-0.25, -0.2) is 9.18 Å². The van der Waals surface area contributed by atoms with Crippen LogP contribution in [0.1, 0.15) is 12.5 Å². The van der Waals surface area contributed by atoms with Crippen LogP contribution in [-0.4, -0.2) is 24.6 Å². The SMILES string of the molecule is C[C@H](Oc1ccc(C#N)cc1)C(=O)OCC(=O)Nc1ccccc1F. The van der Waals surface area contributed by atoms with Crippen molar-refractivity contribution in [1.29, 1.82) is 5.26 Å². The van der Waals surface area contributed by atoms with Gasteiger partial charge in [0, 0.05) is 0 Å². The third-order valence-corrected chi connectivity index (χ3v) is 3.12. The minimum absolute atomic E-state index is 0.00503. The van der Waals surface area contributed by atoms with E-state index >= 15 is 0 Å². The maximum absolute atomic E-state index is 13.4. The summed E-state index contributed by atoms with van der Waals surface area (Å²) >= 11 is 0. The number of ether oxygens (including phenoxy) is 2. The van der Waals surface area contributed by atoms with Gasteiger partial charge in [-0.1, -0.05) is 12.1 Å². The van der Waals surface area contributed by atoms with Crippen molar-refractivity contribution in [3.63, 3.8) is 0 Å². The monoisotopic (exact) mass is 342 g/mol. The van der Waals surface area contributed by atoms with E-state index in [1.54, 1.807) is 30.3 Å². The minimum Gasteiger partial charge on any atom is -0.479 e. The van der Waals surface area contributed by atoms with Crippen molar-refractivity contribution in [2.45, 2.75) is 13.0 Å². The summed E-state index contributed by atoms with van der Waals surface area (Å²) in [5, 5.41) is 11.0. The Balaban J connectivity index is 1.81. The molecule has 0 bridgehead atoms. The van der Waals surface area contributed by atoms with Gasteiger partial charge >= 0.3 is 5.97 Å². The van der Waals surface area contributed by atoms with Crippen LogP contribution in [0.2, 0.25) is 0 Å². The van der Waals surface area contributed by atoms with Gasteiger partial charge in [0.1, 0.15) is 11.6 Å². The van der Waals surface area contributed by atoms with Gasteiger partial charge in [0.25, 0.3) is 5.91 Å². The molecule has 1 atom stereocenters. The number of nitrogens with one attached hydrogen (secondary N) is 1. The summed E-state index contributed by atoms with van der Waals surface area (Å²) in [7, 11) is 0.